The number of halogens is 3. The number of pyridine rings is 1. The van der Waals surface area contributed by atoms with Gasteiger partial charge >= 0.3 is 0 Å². The Kier molecular flexibility index (Phi) is 3.79. The molecule has 1 amide bonds. The van der Waals surface area contributed by atoms with Crippen molar-refractivity contribution < 1.29 is 9.18 Å². The van der Waals surface area contributed by atoms with Crippen molar-refractivity contribution >= 4 is 34.8 Å². The van der Waals surface area contributed by atoms with Crippen LogP contribution in [-0.2, 0) is 0 Å². The molecule has 3 nitrogen and oxygen atoms in total. The van der Waals surface area contributed by atoms with Gasteiger partial charge < -0.3 is 5.32 Å². The Hall–Kier alpha value is -1.65. The summed E-state index contributed by atoms with van der Waals surface area (Å²) in [5.41, 5.74) is 0.552. The van der Waals surface area contributed by atoms with Crippen molar-refractivity contribution in [1.82, 2.24) is 4.98 Å². The molecule has 0 atom stereocenters. The molecule has 92 valence electrons. The minimum atomic E-state index is -0.546. The van der Waals surface area contributed by atoms with Crippen molar-refractivity contribution in [3.05, 3.63) is 58.1 Å². The van der Waals surface area contributed by atoms with Gasteiger partial charge in [0.2, 0.25) is 0 Å². The molecular weight excluding hydrogens is 278 g/mol. The molecule has 2 rings (SSSR count). The lowest BCUT2D eigenvalue weighted by Gasteiger charge is -2.05. The summed E-state index contributed by atoms with van der Waals surface area (Å²) >= 11 is 11.3. The van der Waals surface area contributed by atoms with E-state index in [2.05, 4.69) is 10.3 Å². The molecule has 1 N–H and O–H groups in total. The monoisotopic (exact) mass is 284 g/mol. The van der Waals surface area contributed by atoms with E-state index >= 15 is 0 Å². The van der Waals surface area contributed by atoms with Crippen molar-refractivity contribution in [3.8, 4) is 0 Å². The Balaban J connectivity index is 2.18. The smallest absolute Gasteiger partial charge is 0.274 e. The molecule has 0 spiro atoms. The fourth-order valence-corrected chi connectivity index (χ4v) is 1.65. The third-order valence-electron chi connectivity index (χ3n) is 2.13. The summed E-state index contributed by atoms with van der Waals surface area (Å²) in [6, 6.07) is 8.59. The van der Waals surface area contributed by atoms with Gasteiger partial charge in [-0.2, -0.15) is 0 Å². The van der Waals surface area contributed by atoms with E-state index in [-0.39, 0.29) is 15.9 Å². The second-order valence-corrected chi connectivity index (χ2v) is 4.22. The number of hydrogen-bond acceptors (Lipinski definition) is 2. The van der Waals surface area contributed by atoms with Crippen LogP contribution >= 0.6 is 23.2 Å². The largest absolute Gasteiger partial charge is 0.321 e. The average molecular weight is 285 g/mol. The summed E-state index contributed by atoms with van der Waals surface area (Å²) < 4.78 is 12.9. The molecule has 18 heavy (non-hydrogen) atoms. The molecule has 0 aliphatic heterocycles. The van der Waals surface area contributed by atoms with Crippen molar-refractivity contribution in [2.24, 2.45) is 0 Å². The first-order chi connectivity index (χ1) is 8.56. The molecule has 0 bridgehead atoms. The van der Waals surface area contributed by atoms with E-state index in [0.717, 1.165) is 0 Å². The summed E-state index contributed by atoms with van der Waals surface area (Å²) in [5.74, 6) is -0.990. The van der Waals surface area contributed by atoms with Crippen molar-refractivity contribution in [2.45, 2.75) is 0 Å². The summed E-state index contributed by atoms with van der Waals surface area (Å²) in [6.07, 6.45) is 0. The van der Waals surface area contributed by atoms with Gasteiger partial charge in [0.05, 0.1) is 5.02 Å². The van der Waals surface area contributed by atoms with Crippen LogP contribution in [0.15, 0.2) is 36.4 Å². The summed E-state index contributed by atoms with van der Waals surface area (Å²) in [6.45, 7) is 0. The van der Waals surface area contributed by atoms with Crippen LogP contribution in [0.1, 0.15) is 10.5 Å². The Morgan fingerprint density at radius 2 is 2.00 bits per heavy atom. The van der Waals surface area contributed by atoms with Gasteiger partial charge in [0.15, 0.2) is 0 Å². The van der Waals surface area contributed by atoms with Crippen LogP contribution in [0.5, 0.6) is 0 Å². The van der Waals surface area contributed by atoms with Gasteiger partial charge in [-0.1, -0.05) is 29.3 Å². The van der Waals surface area contributed by atoms with Crippen molar-refractivity contribution in [3.63, 3.8) is 0 Å². The summed E-state index contributed by atoms with van der Waals surface area (Å²) in [5, 5.41) is 2.70. The number of benzene rings is 1. The molecule has 2 aromatic rings. The zero-order valence-corrected chi connectivity index (χ0v) is 10.5. The molecule has 0 radical (unpaired) electrons. The maximum absolute atomic E-state index is 12.9. The number of carbonyl (C=O) groups excluding carboxylic acids is 1. The van der Waals surface area contributed by atoms with Gasteiger partial charge in [0, 0.05) is 5.69 Å². The Labute approximate surface area is 113 Å². The first kappa shape index (κ1) is 12.8. The SMILES string of the molecule is O=C(Nc1ccc(F)c(Cl)c1)c1cccc(Cl)n1. The standard InChI is InChI=1S/C12H7Cl2FN2O/c13-8-6-7(4-5-9(8)15)16-12(18)10-2-1-3-11(14)17-10/h1-6H,(H,16,18). The molecule has 0 fully saturated rings. The van der Waals surface area contributed by atoms with Crippen LogP contribution in [0.2, 0.25) is 10.2 Å². The van der Waals surface area contributed by atoms with Gasteiger partial charge in [-0.25, -0.2) is 9.37 Å². The number of carbonyl (C=O) groups is 1. The van der Waals surface area contributed by atoms with E-state index in [1.807, 2.05) is 0 Å². The zero-order valence-electron chi connectivity index (χ0n) is 8.95. The second-order valence-electron chi connectivity index (χ2n) is 3.43. The van der Waals surface area contributed by atoms with E-state index in [1.54, 1.807) is 12.1 Å². The predicted molar refractivity (Wildman–Crippen MR) is 68.6 cm³/mol. The van der Waals surface area contributed by atoms with E-state index in [0.29, 0.717) is 5.69 Å². The number of amides is 1. The van der Waals surface area contributed by atoms with Crippen molar-refractivity contribution in [2.75, 3.05) is 5.32 Å². The lowest BCUT2D eigenvalue weighted by atomic mass is 10.3. The number of aromatic nitrogens is 1. The molecule has 0 saturated heterocycles. The van der Waals surface area contributed by atoms with Gasteiger partial charge in [0.25, 0.3) is 5.91 Å². The van der Waals surface area contributed by atoms with Gasteiger partial charge in [0.1, 0.15) is 16.7 Å². The first-order valence-electron chi connectivity index (χ1n) is 4.95. The van der Waals surface area contributed by atoms with Crippen LogP contribution in [0.3, 0.4) is 0 Å². The van der Waals surface area contributed by atoms with Crippen LogP contribution in [0.25, 0.3) is 0 Å². The third-order valence-corrected chi connectivity index (χ3v) is 2.63. The number of nitrogens with zero attached hydrogens (tertiary/aromatic N) is 1. The molecule has 0 unspecified atom stereocenters. The topological polar surface area (TPSA) is 42.0 Å². The zero-order chi connectivity index (χ0) is 13.1. The highest BCUT2D eigenvalue weighted by atomic mass is 35.5. The minimum Gasteiger partial charge on any atom is -0.321 e. The number of anilines is 1. The quantitative estimate of drug-likeness (QED) is 0.853. The molecule has 0 saturated carbocycles. The maximum atomic E-state index is 12.9. The Morgan fingerprint density at radius 3 is 2.67 bits per heavy atom. The average Bonchev–Trinajstić information content (AvgIpc) is 2.34. The second kappa shape index (κ2) is 5.33. The van der Waals surface area contributed by atoms with Crippen LogP contribution in [0, 0.1) is 5.82 Å². The summed E-state index contributed by atoms with van der Waals surface area (Å²) in [7, 11) is 0. The van der Waals surface area contributed by atoms with E-state index in [9.17, 15) is 9.18 Å². The number of nitrogens with one attached hydrogen (secondary N) is 1. The van der Waals surface area contributed by atoms with Gasteiger partial charge in [-0.15, -0.1) is 0 Å². The van der Waals surface area contributed by atoms with Crippen molar-refractivity contribution in [1.29, 1.82) is 0 Å². The molecule has 1 aromatic heterocycles. The fourth-order valence-electron chi connectivity index (χ4n) is 1.30. The highest BCUT2D eigenvalue weighted by Gasteiger charge is 2.09. The fraction of sp³-hybridized carbons (Fsp3) is 0. The van der Waals surface area contributed by atoms with Crippen LogP contribution in [0.4, 0.5) is 10.1 Å². The third kappa shape index (κ3) is 2.97. The van der Waals surface area contributed by atoms with Gasteiger partial charge in [-0.05, 0) is 30.3 Å². The molecule has 6 heteroatoms. The van der Waals surface area contributed by atoms with E-state index < -0.39 is 11.7 Å². The van der Waals surface area contributed by atoms with E-state index in [1.165, 1.54) is 24.3 Å². The Morgan fingerprint density at radius 1 is 1.22 bits per heavy atom. The molecule has 1 heterocycles. The lowest BCUT2D eigenvalue weighted by molar-refractivity contribution is 0.102. The van der Waals surface area contributed by atoms with Crippen LogP contribution < -0.4 is 5.32 Å². The number of hydrogen-bond donors (Lipinski definition) is 1. The normalized spacial score (nSPS) is 10.2. The first-order valence-corrected chi connectivity index (χ1v) is 5.71. The van der Waals surface area contributed by atoms with Gasteiger partial charge in [-0.3, -0.25) is 4.79 Å². The number of rotatable bonds is 2. The molecular formula is C12H7Cl2FN2O. The Bertz CT molecular complexity index is 604. The highest BCUT2D eigenvalue weighted by Crippen LogP contribution is 2.19. The van der Waals surface area contributed by atoms with E-state index in [4.69, 9.17) is 23.2 Å². The van der Waals surface area contributed by atoms with Crippen LogP contribution in [-0.4, -0.2) is 10.9 Å². The predicted octanol–water partition coefficient (Wildman–Crippen LogP) is 3.78. The summed E-state index contributed by atoms with van der Waals surface area (Å²) in [4.78, 5) is 15.6. The highest BCUT2D eigenvalue weighted by molar-refractivity contribution is 6.31. The maximum Gasteiger partial charge on any atom is 0.274 e. The minimum absolute atomic E-state index is 0.0631. The molecule has 0 aliphatic rings. The molecule has 0 aliphatic carbocycles. The lowest BCUT2D eigenvalue weighted by Crippen LogP contribution is -2.13. The molecule has 1 aromatic carbocycles.